The van der Waals surface area contributed by atoms with Crippen LogP contribution in [-0.4, -0.2) is 24.0 Å². The number of ether oxygens (including phenoxy) is 1. The van der Waals surface area contributed by atoms with Crippen LogP contribution in [0.3, 0.4) is 0 Å². The monoisotopic (exact) mass is 444 g/mol. The van der Waals surface area contributed by atoms with Crippen LogP contribution in [0.4, 0.5) is 0 Å². The van der Waals surface area contributed by atoms with Crippen LogP contribution in [-0.2, 0) is 9.59 Å². The maximum absolute atomic E-state index is 11.8. The minimum atomic E-state index is -0.358. The van der Waals surface area contributed by atoms with Crippen molar-refractivity contribution >= 4 is 49.3 Å². The van der Waals surface area contributed by atoms with Gasteiger partial charge in [-0.15, -0.1) is 0 Å². The number of carbonyl (C=O) groups is 2. The highest BCUT2D eigenvalue weighted by Gasteiger charge is 2.30. The molecule has 5 nitrogen and oxygen atoms in total. The van der Waals surface area contributed by atoms with Gasteiger partial charge in [-0.3, -0.25) is 9.59 Å². The summed E-state index contributed by atoms with van der Waals surface area (Å²) in [5.74, 6) is 0.373. The predicted octanol–water partition coefficient (Wildman–Crippen LogP) is 3.84. The molecule has 0 aliphatic heterocycles. The Kier molecular flexibility index (Phi) is 5.97. The summed E-state index contributed by atoms with van der Waals surface area (Å²) < 4.78 is 7.11. The second-order valence-electron chi connectivity index (χ2n) is 6.31. The average molecular weight is 446 g/mol. The molecule has 1 fully saturated rings. The van der Waals surface area contributed by atoms with Crippen LogP contribution in [0.15, 0.2) is 32.2 Å². The summed E-state index contributed by atoms with van der Waals surface area (Å²) in [6.07, 6.45) is 1.57. The second-order valence-corrected chi connectivity index (χ2v) is 8.08. The first-order chi connectivity index (χ1) is 10.7. The van der Waals surface area contributed by atoms with Gasteiger partial charge in [0.1, 0.15) is 11.5 Å². The van der Waals surface area contributed by atoms with Crippen molar-refractivity contribution in [3.05, 3.63) is 27.1 Å². The summed E-state index contributed by atoms with van der Waals surface area (Å²) in [5.41, 5.74) is 3.07. The standard InChI is InChI=1S/C16H18Br2N2O3/c1-16(2)7-11(6-12(21)8-16)19-20-15(22)9-23-14-4-3-10(17)5-13(14)18/h3-5H,6-9H2,1-2H3,(H,20,22). The van der Waals surface area contributed by atoms with Crippen molar-refractivity contribution in [3.8, 4) is 5.75 Å². The molecular formula is C16H18Br2N2O3. The number of halogens is 2. The van der Waals surface area contributed by atoms with Crippen LogP contribution in [0.2, 0.25) is 0 Å². The summed E-state index contributed by atoms with van der Waals surface area (Å²) in [7, 11) is 0. The van der Waals surface area contributed by atoms with Crippen molar-refractivity contribution in [2.24, 2.45) is 10.5 Å². The number of hydrazone groups is 1. The number of benzene rings is 1. The predicted molar refractivity (Wildman–Crippen MR) is 95.6 cm³/mol. The van der Waals surface area contributed by atoms with E-state index in [2.05, 4.69) is 42.4 Å². The molecule has 0 radical (unpaired) electrons. The Bertz CT molecular complexity index is 657. The maximum atomic E-state index is 11.8. The molecule has 7 heteroatoms. The molecule has 0 unspecified atom stereocenters. The first-order valence-corrected chi connectivity index (χ1v) is 8.78. The Labute approximate surface area is 152 Å². The fraction of sp³-hybridized carbons (Fsp3) is 0.438. The van der Waals surface area contributed by atoms with Gasteiger partial charge in [-0.2, -0.15) is 5.10 Å². The number of hydrogen-bond donors (Lipinski definition) is 1. The Morgan fingerprint density at radius 3 is 2.74 bits per heavy atom. The Hall–Kier alpha value is -1.21. The lowest BCUT2D eigenvalue weighted by molar-refractivity contribution is -0.123. The van der Waals surface area contributed by atoms with E-state index < -0.39 is 0 Å². The largest absolute Gasteiger partial charge is 0.483 e. The molecule has 0 atom stereocenters. The van der Waals surface area contributed by atoms with Gasteiger partial charge in [0, 0.05) is 23.0 Å². The summed E-state index contributed by atoms with van der Waals surface area (Å²) >= 11 is 6.72. The fourth-order valence-corrected chi connectivity index (χ4v) is 3.65. The number of hydrogen-bond acceptors (Lipinski definition) is 4. The Balaban J connectivity index is 1.87. The third-order valence-corrected chi connectivity index (χ3v) is 4.46. The highest BCUT2D eigenvalue weighted by atomic mass is 79.9. The van der Waals surface area contributed by atoms with Crippen LogP contribution < -0.4 is 10.2 Å². The van der Waals surface area contributed by atoms with Crippen molar-refractivity contribution in [3.63, 3.8) is 0 Å². The molecule has 1 saturated carbocycles. The third-order valence-electron chi connectivity index (χ3n) is 3.35. The molecular weight excluding hydrogens is 428 g/mol. The fourth-order valence-electron chi connectivity index (χ4n) is 2.49. The number of nitrogens with one attached hydrogen (secondary N) is 1. The summed E-state index contributed by atoms with van der Waals surface area (Å²) in [4.78, 5) is 23.5. The molecule has 1 aromatic rings. The highest BCUT2D eigenvalue weighted by Crippen LogP contribution is 2.31. The number of ketones is 1. The number of carbonyl (C=O) groups excluding carboxylic acids is 2. The molecule has 0 spiro atoms. The Morgan fingerprint density at radius 2 is 2.09 bits per heavy atom. The lowest BCUT2D eigenvalue weighted by Gasteiger charge is -2.28. The van der Waals surface area contributed by atoms with Gasteiger partial charge in [-0.25, -0.2) is 5.43 Å². The molecule has 23 heavy (non-hydrogen) atoms. The van der Waals surface area contributed by atoms with Crippen molar-refractivity contribution in [1.29, 1.82) is 0 Å². The van der Waals surface area contributed by atoms with Crippen molar-refractivity contribution in [1.82, 2.24) is 5.43 Å². The molecule has 0 heterocycles. The van der Waals surface area contributed by atoms with Crippen LogP contribution >= 0.6 is 31.9 Å². The van der Waals surface area contributed by atoms with Crippen LogP contribution in [0.1, 0.15) is 33.1 Å². The molecule has 1 aliphatic rings. The first kappa shape index (κ1) is 18.1. The normalized spacial score (nSPS) is 18.8. The smallest absolute Gasteiger partial charge is 0.277 e. The van der Waals surface area contributed by atoms with Gasteiger partial charge in [0.15, 0.2) is 6.61 Å². The number of amides is 1. The van der Waals surface area contributed by atoms with Crippen LogP contribution in [0.25, 0.3) is 0 Å². The van der Waals surface area contributed by atoms with E-state index in [-0.39, 0.29) is 23.7 Å². The molecule has 0 saturated heterocycles. The van der Waals surface area contributed by atoms with Crippen molar-refractivity contribution in [2.45, 2.75) is 33.1 Å². The van der Waals surface area contributed by atoms with E-state index in [1.54, 1.807) is 6.07 Å². The van der Waals surface area contributed by atoms with Gasteiger partial charge < -0.3 is 4.74 Å². The minimum Gasteiger partial charge on any atom is -0.483 e. The van der Waals surface area contributed by atoms with Crippen LogP contribution in [0, 0.1) is 5.41 Å². The summed E-state index contributed by atoms with van der Waals surface area (Å²) in [6.45, 7) is 3.90. The number of Topliss-reactive ketones (excluding diaryl/α,β-unsaturated/α-hetero) is 1. The zero-order valence-electron chi connectivity index (χ0n) is 13.0. The lowest BCUT2D eigenvalue weighted by atomic mass is 9.76. The van der Waals surface area contributed by atoms with Gasteiger partial charge in [-0.1, -0.05) is 29.8 Å². The van der Waals surface area contributed by atoms with Gasteiger partial charge in [-0.05, 0) is 46.0 Å². The average Bonchev–Trinajstić information content (AvgIpc) is 2.42. The van der Waals surface area contributed by atoms with E-state index in [0.29, 0.717) is 30.7 Å². The summed E-state index contributed by atoms with van der Waals surface area (Å²) in [5, 5.41) is 4.08. The molecule has 1 aliphatic carbocycles. The molecule has 124 valence electrons. The van der Waals surface area contributed by atoms with E-state index in [4.69, 9.17) is 4.74 Å². The van der Waals surface area contributed by atoms with E-state index in [0.717, 1.165) is 8.95 Å². The van der Waals surface area contributed by atoms with Gasteiger partial charge in [0.25, 0.3) is 5.91 Å². The first-order valence-electron chi connectivity index (χ1n) is 7.19. The van der Waals surface area contributed by atoms with Gasteiger partial charge in [0.2, 0.25) is 0 Å². The lowest BCUT2D eigenvalue weighted by Crippen LogP contribution is -2.32. The highest BCUT2D eigenvalue weighted by molar-refractivity contribution is 9.11. The zero-order chi connectivity index (χ0) is 17.0. The van der Waals surface area contributed by atoms with E-state index in [1.807, 2.05) is 26.0 Å². The quantitative estimate of drug-likeness (QED) is 0.715. The van der Waals surface area contributed by atoms with Crippen LogP contribution in [0.5, 0.6) is 5.75 Å². The Morgan fingerprint density at radius 1 is 1.35 bits per heavy atom. The van der Waals surface area contributed by atoms with Gasteiger partial charge >= 0.3 is 0 Å². The third kappa shape index (κ3) is 5.73. The minimum absolute atomic E-state index is 0.0995. The van der Waals surface area contributed by atoms with E-state index >= 15 is 0 Å². The summed E-state index contributed by atoms with van der Waals surface area (Å²) in [6, 6.07) is 5.42. The molecule has 2 rings (SSSR count). The van der Waals surface area contributed by atoms with Crippen molar-refractivity contribution in [2.75, 3.05) is 6.61 Å². The van der Waals surface area contributed by atoms with E-state index in [1.165, 1.54) is 0 Å². The van der Waals surface area contributed by atoms with Gasteiger partial charge in [0.05, 0.1) is 4.47 Å². The van der Waals surface area contributed by atoms with Crippen molar-refractivity contribution < 1.29 is 14.3 Å². The molecule has 1 amide bonds. The maximum Gasteiger partial charge on any atom is 0.277 e. The second kappa shape index (κ2) is 7.57. The zero-order valence-corrected chi connectivity index (χ0v) is 16.2. The topological polar surface area (TPSA) is 67.8 Å². The number of nitrogens with zero attached hydrogens (tertiary/aromatic N) is 1. The van der Waals surface area contributed by atoms with E-state index in [9.17, 15) is 9.59 Å². The SMILES string of the molecule is CC1(C)CC(=O)CC(=NNC(=O)COc2ccc(Br)cc2Br)C1. The number of rotatable bonds is 4. The molecule has 1 aromatic carbocycles. The molecule has 0 aromatic heterocycles. The molecule has 0 bridgehead atoms. The molecule has 1 N–H and O–H groups in total.